The van der Waals surface area contributed by atoms with Crippen molar-refractivity contribution in [3.8, 4) is 0 Å². The molecule has 3 aliphatic heterocycles. The van der Waals surface area contributed by atoms with Gasteiger partial charge in [-0.3, -0.25) is 19.7 Å². The lowest BCUT2D eigenvalue weighted by Crippen LogP contribution is -2.58. The van der Waals surface area contributed by atoms with Crippen LogP contribution in [-0.2, 0) is 4.79 Å². The Morgan fingerprint density at radius 2 is 1.70 bits per heavy atom. The molecule has 0 aliphatic carbocycles. The molecule has 8 nitrogen and oxygen atoms in total. The van der Waals surface area contributed by atoms with E-state index in [4.69, 9.17) is 0 Å². The van der Waals surface area contributed by atoms with Crippen molar-refractivity contribution in [3.05, 3.63) is 29.3 Å². The van der Waals surface area contributed by atoms with Gasteiger partial charge < -0.3 is 4.90 Å². The molecule has 1 aromatic carbocycles. The summed E-state index contributed by atoms with van der Waals surface area (Å²) in [5, 5.41) is 4.98. The van der Waals surface area contributed by atoms with Gasteiger partial charge in [0.2, 0.25) is 5.91 Å². The van der Waals surface area contributed by atoms with Crippen molar-refractivity contribution in [1.29, 1.82) is 0 Å². The molecule has 2 fully saturated rings. The molecule has 27 heavy (non-hydrogen) atoms. The number of hydrogen-bond donors (Lipinski definition) is 1. The predicted octanol–water partition coefficient (Wildman–Crippen LogP) is 1.75. The zero-order valence-electron chi connectivity index (χ0n) is 14.6. The third-order valence-electron chi connectivity index (χ3n) is 5.32. The van der Waals surface area contributed by atoms with E-state index in [1.165, 1.54) is 0 Å². The first-order valence-electron chi connectivity index (χ1n) is 8.94. The molecule has 0 bridgehead atoms. The minimum absolute atomic E-state index is 0.00303. The molecular formula is C18H19BrN4O4. The lowest BCUT2D eigenvalue weighted by Gasteiger charge is -2.33. The van der Waals surface area contributed by atoms with Crippen molar-refractivity contribution in [2.45, 2.75) is 19.3 Å². The van der Waals surface area contributed by atoms with Crippen LogP contribution in [0.2, 0.25) is 0 Å². The van der Waals surface area contributed by atoms with Crippen LogP contribution in [0.5, 0.6) is 0 Å². The molecule has 142 valence electrons. The number of hydrogen-bond acceptors (Lipinski definition) is 5. The second-order valence-corrected chi connectivity index (χ2v) is 7.61. The van der Waals surface area contributed by atoms with E-state index in [0.717, 1.165) is 47.0 Å². The summed E-state index contributed by atoms with van der Waals surface area (Å²) < 4.78 is 0. The quantitative estimate of drug-likeness (QED) is 0.577. The number of nitrogens with zero attached hydrogens (tertiary/aromatic N) is 3. The second kappa shape index (κ2) is 6.95. The Labute approximate surface area is 164 Å². The summed E-state index contributed by atoms with van der Waals surface area (Å²) in [7, 11) is 0. The molecule has 5 amide bonds. The SMILES string of the molecule is O=C1CCN(N2C(=O)c3ccc(N4CCC(CBr)CC4)cc3C2=O)C(=O)N1. The van der Waals surface area contributed by atoms with Crippen molar-refractivity contribution in [3.63, 3.8) is 0 Å². The number of piperidine rings is 1. The van der Waals surface area contributed by atoms with E-state index in [-0.39, 0.29) is 18.5 Å². The number of urea groups is 1. The number of hydrazine groups is 1. The number of carbonyl (C=O) groups excluding carboxylic acids is 4. The van der Waals surface area contributed by atoms with Gasteiger partial charge in [0.25, 0.3) is 11.8 Å². The largest absolute Gasteiger partial charge is 0.371 e. The first-order valence-corrected chi connectivity index (χ1v) is 10.1. The number of imide groups is 2. The summed E-state index contributed by atoms with van der Waals surface area (Å²) in [6.45, 7) is 1.80. The van der Waals surface area contributed by atoms with Gasteiger partial charge in [-0.05, 0) is 37.0 Å². The minimum atomic E-state index is -0.752. The molecule has 4 rings (SSSR count). The standard InChI is InChI=1S/C18H19BrN4O4/c19-10-11-3-6-21(7-4-11)12-1-2-13-14(9-12)17(26)23(16(13)25)22-8-5-15(24)20-18(22)27/h1-2,9,11H,3-8,10H2,(H,20,24,27). The number of halogens is 1. The van der Waals surface area contributed by atoms with Crippen molar-refractivity contribution >= 4 is 45.4 Å². The van der Waals surface area contributed by atoms with Gasteiger partial charge in [0.1, 0.15) is 0 Å². The lowest BCUT2D eigenvalue weighted by molar-refractivity contribution is -0.122. The smallest absolute Gasteiger partial charge is 0.343 e. The van der Waals surface area contributed by atoms with Gasteiger partial charge in [-0.1, -0.05) is 15.9 Å². The van der Waals surface area contributed by atoms with Crippen LogP contribution >= 0.6 is 15.9 Å². The molecule has 0 spiro atoms. The van der Waals surface area contributed by atoms with Crippen LogP contribution in [-0.4, -0.2) is 58.7 Å². The first-order chi connectivity index (χ1) is 13.0. The van der Waals surface area contributed by atoms with Gasteiger partial charge in [-0.2, -0.15) is 5.01 Å². The number of benzene rings is 1. The summed E-state index contributed by atoms with van der Waals surface area (Å²) in [6.07, 6.45) is 2.19. The average molecular weight is 435 g/mol. The van der Waals surface area contributed by atoms with Gasteiger partial charge in [0.05, 0.1) is 17.7 Å². The number of fused-ring (bicyclic) bond motifs is 1. The van der Waals surface area contributed by atoms with E-state index in [1.807, 2.05) is 6.07 Å². The molecule has 2 saturated heterocycles. The van der Waals surface area contributed by atoms with Crippen LogP contribution in [0.3, 0.4) is 0 Å². The summed E-state index contributed by atoms with van der Waals surface area (Å²) >= 11 is 3.53. The van der Waals surface area contributed by atoms with Crippen LogP contribution < -0.4 is 10.2 Å². The van der Waals surface area contributed by atoms with Crippen molar-refractivity contribution in [2.24, 2.45) is 5.92 Å². The maximum Gasteiger partial charge on any atom is 0.343 e. The Hall–Kier alpha value is -2.42. The molecule has 0 unspecified atom stereocenters. The van der Waals surface area contributed by atoms with Gasteiger partial charge in [-0.15, -0.1) is 0 Å². The molecular weight excluding hydrogens is 416 g/mol. The van der Waals surface area contributed by atoms with Crippen molar-refractivity contribution < 1.29 is 19.2 Å². The number of amides is 5. The van der Waals surface area contributed by atoms with E-state index in [1.54, 1.807) is 12.1 Å². The minimum Gasteiger partial charge on any atom is -0.371 e. The molecule has 1 N–H and O–H groups in total. The number of carbonyl (C=O) groups is 4. The maximum absolute atomic E-state index is 12.8. The first kappa shape index (κ1) is 18.0. The lowest BCUT2D eigenvalue weighted by atomic mass is 9.98. The monoisotopic (exact) mass is 434 g/mol. The summed E-state index contributed by atoms with van der Waals surface area (Å²) in [5.41, 5.74) is 1.48. The summed E-state index contributed by atoms with van der Waals surface area (Å²) in [6, 6.07) is 4.48. The Morgan fingerprint density at radius 1 is 1.00 bits per heavy atom. The number of nitrogens with one attached hydrogen (secondary N) is 1. The highest BCUT2D eigenvalue weighted by atomic mass is 79.9. The fourth-order valence-corrected chi connectivity index (χ4v) is 4.37. The number of alkyl halides is 1. The predicted molar refractivity (Wildman–Crippen MR) is 101 cm³/mol. The van der Waals surface area contributed by atoms with E-state index in [9.17, 15) is 19.2 Å². The van der Waals surface area contributed by atoms with Crippen LogP contribution in [0.25, 0.3) is 0 Å². The Balaban J connectivity index is 1.57. The Kier molecular flexibility index (Phi) is 4.63. The van der Waals surface area contributed by atoms with Crippen LogP contribution in [0.1, 0.15) is 40.0 Å². The number of anilines is 1. The van der Waals surface area contributed by atoms with Crippen LogP contribution in [0.4, 0.5) is 10.5 Å². The normalized spacial score (nSPS) is 21.0. The van der Waals surface area contributed by atoms with Gasteiger partial charge >= 0.3 is 6.03 Å². The Morgan fingerprint density at radius 3 is 2.37 bits per heavy atom. The third kappa shape index (κ3) is 3.09. The highest BCUT2D eigenvalue weighted by molar-refractivity contribution is 9.09. The van der Waals surface area contributed by atoms with E-state index in [2.05, 4.69) is 26.1 Å². The molecule has 0 saturated carbocycles. The molecule has 9 heteroatoms. The molecule has 0 atom stereocenters. The topological polar surface area (TPSA) is 90.0 Å². The molecule has 3 heterocycles. The highest BCUT2D eigenvalue weighted by Gasteiger charge is 2.43. The van der Waals surface area contributed by atoms with Crippen LogP contribution in [0.15, 0.2) is 18.2 Å². The summed E-state index contributed by atoms with van der Waals surface area (Å²) in [4.78, 5) is 51.1. The van der Waals surface area contributed by atoms with E-state index in [0.29, 0.717) is 11.5 Å². The molecule has 3 aliphatic rings. The Bertz CT molecular complexity index is 835. The maximum atomic E-state index is 12.8. The average Bonchev–Trinajstić information content (AvgIpc) is 2.92. The van der Waals surface area contributed by atoms with E-state index < -0.39 is 23.8 Å². The van der Waals surface area contributed by atoms with Crippen molar-refractivity contribution in [1.82, 2.24) is 15.3 Å². The van der Waals surface area contributed by atoms with Gasteiger partial charge in [0.15, 0.2) is 0 Å². The third-order valence-corrected chi connectivity index (χ3v) is 6.24. The molecule has 0 radical (unpaired) electrons. The summed E-state index contributed by atoms with van der Waals surface area (Å²) in [5.74, 6) is -0.822. The fraction of sp³-hybridized carbons (Fsp3) is 0.444. The highest BCUT2D eigenvalue weighted by Crippen LogP contribution is 2.31. The van der Waals surface area contributed by atoms with Crippen molar-refractivity contribution in [2.75, 3.05) is 29.9 Å². The zero-order chi connectivity index (χ0) is 19.1. The molecule has 0 aromatic heterocycles. The van der Waals surface area contributed by atoms with E-state index >= 15 is 0 Å². The second-order valence-electron chi connectivity index (χ2n) is 6.96. The number of rotatable bonds is 3. The van der Waals surface area contributed by atoms with Crippen LogP contribution in [0, 0.1) is 5.92 Å². The zero-order valence-corrected chi connectivity index (χ0v) is 16.2. The fourth-order valence-electron chi connectivity index (χ4n) is 3.72. The van der Waals surface area contributed by atoms with Gasteiger partial charge in [0, 0.05) is 30.5 Å². The van der Waals surface area contributed by atoms with Gasteiger partial charge in [-0.25, -0.2) is 9.80 Å². The molecule has 1 aromatic rings.